The summed E-state index contributed by atoms with van der Waals surface area (Å²) in [6.45, 7) is 1.59. The third-order valence-corrected chi connectivity index (χ3v) is 6.91. The van der Waals surface area contributed by atoms with E-state index < -0.39 is 70.9 Å². The molecule has 6 nitrogen and oxygen atoms in total. The van der Waals surface area contributed by atoms with Crippen LogP contribution in [0.25, 0.3) is 0 Å². The lowest BCUT2D eigenvalue weighted by molar-refractivity contribution is -0.138. The van der Waals surface area contributed by atoms with Crippen LogP contribution in [0, 0.1) is 5.92 Å². The van der Waals surface area contributed by atoms with Crippen molar-refractivity contribution in [1.82, 2.24) is 9.80 Å². The molecule has 3 saturated heterocycles. The minimum Gasteiger partial charge on any atom is -0.331 e. The molecule has 4 amide bonds. The molecule has 3 heterocycles. The van der Waals surface area contributed by atoms with E-state index in [2.05, 4.69) is 0 Å². The molecule has 0 N–H and O–H groups in total. The molecule has 0 radical (unpaired) electrons. The molecule has 2 aromatic carbocycles. The van der Waals surface area contributed by atoms with Crippen molar-refractivity contribution in [3.63, 3.8) is 0 Å². The van der Waals surface area contributed by atoms with Gasteiger partial charge in [-0.2, -0.15) is 26.3 Å². The molecule has 2 unspecified atom stereocenters. The number of anilines is 1. The summed E-state index contributed by atoms with van der Waals surface area (Å²) in [5, 5.41) is 0. The van der Waals surface area contributed by atoms with Gasteiger partial charge in [-0.1, -0.05) is 25.1 Å². The second-order valence-electron chi connectivity index (χ2n) is 8.77. The summed E-state index contributed by atoms with van der Waals surface area (Å²) in [5.74, 6) is -2.16. The summed E-state index contributed by atoms with van der Waals surface area (Å²) in [5.41, 5.74) is -2.99. The van der Waals surface area contributed by atoms with E-state index in [-0.39, 0.29) is 12.2 Å². The second-order valence-corrected chi connectivity index (χ2v) is 8.77. The third kappa shape index (κ3) is 3.37. The van der Waals surface area contributed by atoms with Gasteiger partial charge < -0.3 is 9.80 Å². The Hall–Kier alpha value is -3.57. The van der Waals surface area contributed by atoms with Crippen LogP contribution in [0.1, 0.15) is 28.4 Å². The zero-order valence-corrected chi connectivity index (χ0v) is 18.0. The predicted molar refractivity (Wildman–Crippen MR) is 109 cm³/mol. The number of piperazine rings is 1. The number of hydrogen-bond acceptors (Lipinski definition) is 3. The number of fused-ring (bicyclic) bond motifs is 5. The molecule has 0 spiro atoms. The summed E-state index contributed by atoms with van der Waals surface area (Å²) < 4.78 is 79.9. The molecule has 3 aliphatic rings. The summed E-state index contributed by atoms with van der Waals surface area (Å²) in [4.78, 5) is 42.7. The number of halogens is 6. The quantitative estimate of drug-likeness (QED) is 0.457. The molecular formula is C23H17F6N3O3. The number of imide groups is 1. The van der Waals surface area contributed by atoms with Crippen molar-refractivity contribution in [2.45, 2.75) is 37.4 Å². The Morgan fingerprint density at radius 3 is 2.29 bits per heavy atom. The van der Waals surface area contributed by atoms with Crippen LogP contribution in [0.4, 0.5) is 36.8 Å². The number of amides is 4. The molecule has 3 aliphatic heterocycles. The highest BCUT2D eigenvalue weighted by molar-refractivity contribution is 6.22. The number of likely N-dealkylation sites (tertiary alicyclic amines) is 1. The van der Waals surface area contributed by atoms with Crippen LogP contribution < -0.4 is 4.90 Å². The van der Waals surface area contributed by atoms with Crippen LogP contribution in [0.5, 0.6) is 0 Å². The number of hydrogen-bond donors (Lipinski definition) is 0. The summed E-state index contributed by atoms with van der Waals surface area (Å²) in [6.07, 6.45) is -9.47. The highest BCUT2D eigenvalue weighted by Gasteiger charge is 2.66. The number of alkyl halides is 6. The molecule has 0 aliphatic carbocycles. The first-order valence-electron chi connectivity index (χ1n) is 10.6. The van der Waals surface area contributed by atoms with Crippen molar-refractivity contribution in [3.8, 4) is 0 Å². The first-order chi connectivity index (χ1) is 16.3. The molecule has 2 aromatic rings. The highest BCUT2D eigenvalue weighted by Crippen LogP contribution is 2.47. The van der Waals surface area contributed by atoms with Gasteiger partial charge in [-0.3, -0.25) is 9.59 Å². The Morgan fingerprint density at radius 1 is 0.943 bits per heavy atom. The maximum Gasteiger partial charge on any atom is 0.417 e. The van der Waals surface area contributed by atoms with Gasteiger partial charge in [-0.05, 0) is 30.3 Å². The average molecular weight is 497 g/mol. The number of carbonyl (C=O) groups is 3. The van der Waals surface area contributed by atoms with Gasteiger partial charge in [0.05, 0.1) is 34.5 Å². The SMILES string of the molecule is C[C@H]1C2[C@@H]3C(=O)N(c4cccc(C(F)(F)F)c4)C(=O)N3C1CN2C(=O)c1ccccc1C(F)(F)F. The van der Waals surface area contributed by atoms with Crippen molar-refractivity contribution >= 4 is 23.5 Å². The lowest BCUT2D eigenvalue weighted by Crippen LogP contribution is -2.55. The fourth-order valence-corrected chi connectivity index (χ4v) is 5.39. The molecule has 5 rings (SSSR count). The molecule has 4 atom stereocenters. The maximum atomic E-state index is 13.5. The molecule has 0 saturated carbocycles. The maximum absolute atomic E-state index is 13.5. The van der Waals surface area contributed by atoms with Crippen LogP contribution in [-0.2, 0) is 17.1 Å². The van der Waals surface area contributed by atoms with Crippen LogP contribution in [0.2, 0.25) is 0 Å². The Bertz CT molecular complexity index is 1240. The van der Waals surface area contributed by atoms with E-state index in [1.807, 2.05) is 0 Å². The van der Waals surface area contributed by atoms with E-state index in [0.717, 1.165) is 30.3 Å². The van der Waals surface area contributed by atoms with Gasteiger partial charge in [0, 0.05) is 12.5 Å². The van der Waals surface area contributed by atoms with E-state index in [1.165, 1.54) is 21.9 Å². The summed E-state index contributed by atoms with van der Waals surface area (Å²) >= 11 is 0. The summed E-state index contributed by atoms with van der Waals surface area (Å²) in [6, 6.07) is 4.45. The number of nitrogens with zero attached hydrogens (tertiary/aromatic N) is 3. The van der Waals surface area contributed by atoms with Gasteiger partial charge in [-0.15, -0.1) is 0 Å². The fourth-order valence-electron chi connectivity index (χ4n) is 5.39. The van der Waals surface area contributed by atoms with E-state index in [1.54, 1.807) is 6.92 Å². The Kier molecular flexibility index (Phi) is 4.94. The minimum atomic E-state index is -4.78. The number of benzene rings is 2. The Morgan fingerprint density at radius 2 is 1.63 bits per heavy atom. The lowest BCUT2D eigenvalue weighted by Gasteiger charge is -2.35. The molecule has 12 heteroatoms. The van der Waals surface area contributed by atoms with Crippen LogP contribution in [0.15, 0.2) is 48.5 Å². The van der Waals surface area contributed by atoms with E-state index in [4.69, 9.17) is 0 Å². The zero-order valence-electron chi connectivity index (χ0n) is 18.0. The number of urea groups is 1. The van der Waals surface area contributed by atoms with Gasteiger partial charge in [-0.25, -0.2) is 9.69 Å². The third-order valence-electron chi connectivity index (χ3n) is 6.91. The zero-order chi connectivity index (χ0) is 25.4. The first-order valence-corrected chi connectivity index (χ1v) is 10.6. The van der Waals surface area contributed by atoms with Crippen molar-refractivity contribution in [1.29, 1.82) is 0 Å². The summed E-state index contributed by atoms with van der Waals surface area (Å²) in [7, 11) is 0. The van der Waals surface area contributed by atoms with E-state index >= 15 is 0 Å². The van der Waals surface area contributed by atoms with Crippen molar-refractivity contribution in [2.75, 3.05) is 11.4 Å². The first kappa shape index (κ1) is 23.2. The lowest BCUT2D eigenvalue weighted by atomic mass is 9.98. The van der Waals surface area contributed by atoms with E-state index in [0.29, 0.717) is 11.0 Å². The van der Waals surface area contributed by atoms with Gasteiger partial charge in [0.2, 0.25) is 0 Å². The monoisotopic (exact) mass is 497 g/mol. The molecule has 184 valence electrons. The van der Waals surface area contributed by atoms with Gasteiger partial charge in [0.1, 0.15) is 6.04 Å². The van der Waals surface area contributed by atoms with Gasteiger partial charge in [0.15, 0.2) is 0 Å². The van der Waals surface area contributed by atoms with Crippen LogP contribution in [-0.4, -0.2) is 52.3 Å². The Balaban J connectivity index is 1.49. The van der Waals surface area contributed by atoms with E-state index in [9.17, 15) is 40.7 Å². The molecule has 35 heavy (non-hydrogen) atoms. The minimum absolute atomic E-state index is 0.0944. The smallest absolute Gasteiger partial charge is 0.331 e. The second kappa shape index (κ2) is 7.46. The topological polar surface area (TPSA) is 60.9 Å². The van der Waals surface area contributed by atoms with Crippen molar-refractivity contribution < 1.29 is 40.7 Å². The van der Waals surface area contributed by atoms with Crippen LogP contribution >= 0.6 is 0 Å². The Labute approximate surface area is 194 Å². The average Bonchev–Trinajstić information content (AvgIpc) is 3.37. The molecule has 0 aromatic heterocycles. The standard InChI is InChI=1S/C23H17F6N3O3/c1-11-16-10-30(19(33)14-7-2-3-8-15(14)23(27,28)29)17(11)18-20(34)31(21(35)32(16)18)13-6-4-5-12(9-13)22(24,25)26/h2-9,11,16-18H,10H2,1H3/t11-,16?,17?,18-/m1/s1. The van der Waals surface area contributed by atoms with Crippen LogP contribution in [0.3, 0.4) is 0 Å². The van der Waals surface area contributed by atoms with Gasteiger partial charge in [0.25, 0.3) is 11.8 Å². The predicted octanol–water partition coefficient (Wildman–Crippen LogP) is 4.40. The van der Waals surface area contributed by atoms with Crippen molar-refractivity contribution in [2.24, 2.45) is 5.92 Å². The molecule has 3 fully saturated rings. The fraction of sp³-hybridized carbons (Fsp3) is 0.348. The normalized spacial score (nSPS) is 26.1. The number of carbonyl (C=O) groups excluding carboxylic acids is 3. The van der Waals surface area contributed by atoms with Crippen molar-refractivity contribution in [3.05, 3.63) is 65.2 Å². The van der Waals surface area contributed by atoms with Gasteiger partial charge >= 0.3 is 18.4 Å². The molecule has 2 bridgehead atoms. The largest absolute Gasteiger partial charge is 0.417 e. The number of rotatable bonds is 2. The molecular weight excluding hydrogens is 480 g/mol. The highest BCUT2D eigenvalue weighted by atomic mass is 19.4.